The molecule has 0 radical (unpaired) electrons. The molecule has 0 saturated carbocycles. The van der Waals surface area contributed by atoms with Gasteiger partial charge >= 0.3 is 0 Å². The fourth-order valence-electron chi connectivity index (χ4n) is 2.83. The average molecular weight is 277 g/mol. The molecule has 1 aliphatic rings. The van der Waals surface area contributed by atoms with Gasteiger partial charge < -0.3 is 15.7 Å². The van der Waals surface area contributed by atoms with Gasteiger partial charge in [-0.2, -0.15) is 0 Å². The summed E-state index contributed by atoms with van der Waals surface area (Å²) in [5, 5.41) is 10.3. The highest BCUT2D eigenvalue weighted by atomic mass is 16.3. The molecule has 20 heavy (non-hydrogen) atoms. The molecular formula is C16H27N3O. The minimum absolute atomic E-state index is 0.493. The van der Waals surface area contributed by atoms with Gasteiger partial charge in [-0.3, -0.25) is 4.90 Å². The topological polar surface area (TPSA) is 52.7 Å². The van der Waals surface area contributed by atoms with Crippen molar-refractivity contribution in [2.75, 3.05) is 45.0 Å². The van der Waals surface area contributed by atoms with Crippen LogP contribution in [0, 0.1) is 5.92 Å². The molecule has 1 fully saturated rings. The summed E-state index contributed by atoms with van der Waals surface area (Å²) in [4.78, 5) is 4.83. The summed E-state index contributed by atoms with van der Waals surface area (Å²) in [6, 6.07) is 7.58. The van der Waals surface area contributed by atoms with Crippen molar-refractivity contribution < 1.29 is 5.11 Å². The van der Waals surface area contributed by atoms with Gasteiger partial charge in [-0.25, -0.2) is 0 Å². The zero-order chi connectivity index (χ0) is 14.5. The highest BCUT2D eigenvalue weighted by Crippen LogP contribution is 2.21. The number of β-amino-alcohol motifs (C(OH)–C–C–N with tert-alkyl or cyclic N) is 1. The summed E-state index contributed by atoms with van der Waals surface area (Å²) in [7, 11) is 0. The SMILES string of the molecule is CC(C)CN1CCN(CC(O)c2ccccc2N)CC1. The normalized spacial score (nSPS) is 19.4. The second-order valence-corrected chi connectivity index (χ2v) is 6.14. The van der Waals surface area contributed by atoms with Crippen molar-refractivity contribution >= 4 is 5.69 Å². The van der Waals surface area contributed by atoms with E-state index >= 15 is 0 Å². The molecule has 1 atom stereocenters. The number of benzene rings is 1. The predicted octanol–water partition coefficient (Wildman–Crippen LogP) is 1.58. The third-order valence-corrected chi connectivity index (χ3v) is 3.87. The number of nitrogen functional groups attached to an aromatic ring is 1. The number of aliphatic hydroxyl groups is 1. The van der Waals surface area contributed by atoms with E-state index in [4.69, 9.17) is 5.73 Å². The molecule has 0 aliphatic carbocycles. The van der Waals surface area contributed by atoms with E-state index in [1.54, 1.807) is 0 Å². The molecule has 1 aromatic carbocycles. The average Bonchev–Trinajstić information content (AvgIpc) is 2.41. The first-order valence-corrected chi connectivity index (χ1v) is 7.53. The molecule has 1 aliphatic heterocycles. The molecule has 0 amide bonds. The highest BCUT2D eigenvalue weighted by molar-refractivity contribution is 5.47. The lowest BCUT2D eigenvalue weighted by molar-refractivity contribution is 0.0690. The number of nitrogens with zero attached hydrogens (tertiary/aromatic N) is 2. The smallest absolute Gasteiger partial charge is 0.0936 e. The Hall–Kier alpha value is -1.10. The van der Waals surface area contributed by atoms with Crippen LogP contribution in [0.4, 0.5) is 5.69 Å². The zero-order valence-electron chi connectivity index (χ0n) is 12.6. The van der Waals surface area contributed by atoms with Crippen LogP contribution in [0.2, 0.25) is 0 Å². The number of piperazine rings is 1. The number of anilines is 1. The molecule has 0 spiro atoms. The van der Waals surface area contributed by atoms with Crippen LogP contribution in [0.15, 0.2) is 24.3 Å². The molecule has 4 nitrogen and oxygen atoms in total. The van der Waals surface area contributed by atoms with Gasteiger partial charge in [0.1, 0.15) is 0 Å². The zero-order valence-corrected chi connectivity index (χ0v) is 12.6. The maximum Gasteiger partial charge on any atom is 0.0936 e. The summed E-state index contributed by atoms with van der Waals surface area (Å²) in [6.07, 6.45) is -0.493. The minimum Gasteiger partial charge on any atom is -0.398 e. The third-order valence-electron chi connectivity index (χ3n) is 3.87. The fourth-order valence-corrected chi connectivity index (χ4v) is 2.83. The summed E-state index contributed by atoms with van der Waals surface area (Å²) in [5.41, 5.74) is 7.44. The molecule has 0 bridgehead atoms. The van der Waals surface area contributed by atoms with Gasteiger partial charge in [0.25, 0.3) is 0 Å². The van der Waals surface area contributed by atoms with Crippen LogP contribution < -0.4 is 5.73 Å². The number of hydrogen-bond acceptors (Lipinski definition) is 4. The Balaban J connectivity index is 1.82. The van der Waals surface area contributed by atoms with Crippen LogP contribution >= 0.6 is 0 Å². The van der Waals surface area contributed by atoms with Gasteiger partial charge in [-0.15, -0.1) is 0 Å². The monoisotopic (exact) mass is 277 g/mol. The Bertz CT molecular complexity index is 414. The van der Waals surface area contributed by atoms with Gasteiger partial charge in [-0.05, 0) is 12.0 Å². The van der Waals surface area contributed by atoms with Crippen LogP contribution in [0.3, 0.4) is 0 Å². The third kappa shape index (κ3) is 4.20. The van der Waals surface area contributed by atoms with E-state index in [0.29, 0.717) is 12.2 Å². The van der Waals surface area contributed by atoms with Gasteiger partial charge in [0.05, 0.1) is 6.10 Å². The lowest BCUT2D eigenvalue weighted by Gasteiger charge is -2.36. The molecular weight excluding hydrogens is 250 g/mol. The number of nitrogens with two attached hydrogens (primary N) is 1. The van der Waals surface area contributed by atoms with Crippen LogP contribution in [0.5, 0.6) is 0 Å². The maximum atomic E-state index is 10.3. The van der Waals surface area contributed by atoms with Gasteiger partial charge in [0, 0.05) is 50.5 Å². The second kappa shape index (κ2) is 7.07. The molecule has 112 valence electrons. The standard InChI is InChI=1S/C16H27N3O/c1-13(2)11-18-7-9-19(10-8-18)12-16(20)14-5-3-4-6-15(14)17/h3-6,13,16,20H,7-12,17H2,1-2H3. The first kappa shape index (κ1) is 15.3. The summed E-state index contributed by atoms with van der Waals surface area (Å²) in [5.74, 6) is 0.719. The molecule has 1 heterocycles. The summed E-state index contributed by atoms with van der Waals surface area (Å²) < 4.78 is 0. The minimum atomic E-state index is -0.493. The molecule has 0 aromatic heterocycles. The number of para-hydroxylation sites is 1. The van der Waals surface area contributed by atoms with Crippen molar-refractivity contribution in [1.29, 1.82) is 0 Å². The van der Waals surface area contributed by atoms with Gasteiger partial charge in [0.2, 0.25) is 0 Å². The Morgan fingerprint density at radius 2 is 1.60 bits per heavy atom. The van der Waals surface area contributed by atoms with E-state index in [9.17, 15) is 5.11 Å². The van der Waals surface area contributed by atoms with E-state index in [-0.39, 0.29) is 0 Å². The fraction of sp³-hybridized carbons (Fsp3) is 0.625. The van der Waals surface area contributed by atoms with Crippen molar-refractivity contribution in [1.82, 2.24) is 9.80 Å². The van der Waals surface area contributed by atoms with Crippen LogP contribution in [0.1, 0.15) is 25.5 Å². The van der Waals surface area contributed by atoms with Crippen molar-refractivity contribution in [3.63, 3.8) is 0 Å². The summed E-state index contributed by atoms with van der Waals surface area (Å²) >= 11 is 0. The molecule has 4 heteroatoms. The number of hydrogen-bond donors (Lipinski definition) is 2. The Morgan fingerprint density at radius 3 is 2.15 bits per heavy atom. The molecule has 1 unspecified atom stereocenters. The van der Waals surface area contributed by atoms with Crippen molar-refractivity contribution in [2.45, 2.75) is 20.0 Å². The first-order chi connectivity index (χ1) is 9.56. The van der Waals surface area contributed by atoms with Crippen molar-refractivity contribution in [2.24, 2.45) is 5.92 Å². The van der Waals surface area contributed by atoms with E-state index in [2.05, 4.69) is 23.6 Å². The summed E-state index contributed by atoms with van der Waals surface area (Å²) in [6.45, 7) is 10.6. The van der Waals surface area contributed by atoms with Crippen molar-refractivity contribution in [3.05, 3.63) is 29.8 Å². The lowest BCUT2D eigenvalue weighted by atomic mass is 10.1. The van der Waals surface area contributed by atoms with Crippen LogP contribution in [-0.4, -0.2) is 54.2 Å². The number of rotatable bonds is 5. The Kier molecular flexibility index (Phi) is 5.40. The Labute approximate surface area is 122 Å². The largest absolute Gasteiger partial charge is 0.398 e. The van der Waals surface area contributed by atoms with E-state index in [1.165, 1.54) is 6.54 Å². The first-order valence-electron chi connectivity index (χ1n) is 7.53. The Morgan fingerprint density at radius 1 is 1.05 bits per heavy atom. The van der Waals surface area contributed by atoms with E-state index < -0.39 is 6.10 Å². The van der Waals surface area contributed by atoms with Gasteiger partial charge in [0.15, 0.2) is 0 Å². The number of aliphatic hydroxyl groups excluding tert-OH is 1. The molecule has 1 saturated heterocycles. The predicted molar refractivity (Wildman–Crippen MR) is 83.5 cm³/mol. The molecule has 1 aromatic rings. The van der Waals surface area contributed by atoms with Gasteiger partial charge in [-0.1, -0.05) is 32.0 Å². The van der Waals surface area contributed by atoms with Crippen molar-refractivity contribution in [3.8, 4) is 0 Å². The van der Waals surface area contributed by atoms with Crippen LogP contribution in [-0.2, 0) is 0 Å². The highest BCUT2D eigenvalue weighted by Gasteiger charge is 2.20. The molecule has 3 N–H and O–H groups in total. The second-order valence-electron chi connectivity index (χ2n) is 6.14. The van der Waals surface area contributed by atoms with Crippen LogP contribution in [0.25, 0.3) is 0 Å². The lowest BCUT2D eigenvalue weighted by Crippen LogP contribution is -2.48. The maximum absolute atomic E-state index is 10.3. The molecule has 2 rings (SSSR count). The van der Waals surface area contributed by atoms with E-state index in [0.717, 1.165) is 37.7 Å². The van der Waals surface area contributed by atoms with E-state index in [1.807, 2.05) is 24.3 Å². The quantitative estimate of drug-likeness (QED) is 0.802.